The summed E-state index contributed by atoms with van der Waals surface area (Å²) in [5, 5.41) is 9.02. The second-order valence-electron chi connectivity index (χ2n) is 6.65. The van der Waals surface area contributed by atoms with Crippen LogP contribution in [0.3, 0.4) is 0 Å². The Kier molecular flexibility index (Phi) is 6.34. The Morgan fingerprint density at radius 3 is 2.62 bits per heavy atom. The fraction of sp³-hybridized carbons (Fsp3) is 0.227. The van der Waals surface area contributed by atoms with Gasteiger partial charge >= 0.3 is 0 Å². The maximum absolute atomic E-state index is 12.3. The fourth-order valence-corrected chi connectivity index (χ4v) is 3.17. The van der Waals surface area contributed by atoms with Crippen LogP contribution >= 0.6 is 11.6 Å². The molecule has 1 aromatic heterocycles. The van der Waals surface area contributed by atoms with Gasteiger partial charge in [-0.15, -0.1) is 0 Å². The SMILES string of the molecule is CCOc1ccc(C(=O)N/N=C\c2c(C)nn(-c3cc(C)ccc3C)c2Cl)cc1. The number of nitrogens with zero attached hydrogens (tertiary/aromatic N) is 3. The van der Waals surface area contributed by atoms with Gasteiger partial charge in [-0.1, -0.05) is 23.7 Å². The molecule has 0 saturated carbocycles. The highest BCUT2D eigenvalue weighted by atomic mass is 35.5. The molecule has 0 spiro atoms. The van der Waals surface area contributed by atoms with E-state index in [1.54, 1.807) is 28.9 Å². The lowest BCUT2D eigenvalue weighted by Gasteiger charge is -2.08. The molecule has 1 heterocycles. The van der Waals surface area contributed by atoms with E-state index < -0.39 is 0 Å². The molecule has 0 aliphatic heterocycles. The Morgan fingerprint density at radius 2 is 1.93 bits per heavy atom. The van der Waals surface area contributed by atoms with Gasteiger partial charge in [0.1, 0.15) is 10.9 Å². The number of hydrogen-bond acceptors (Lipinski definition) is 4. The first kappa shape index (κ1) is 20.6. The van der Waals surface area contributed by atoms with Gasteiger partial charge in [-0.25, -0.2) is 10.1 Å². The topological polar surface area (TPSA) is 68.5 Å². The van der Waals surface area contributed by atoms with Crippen LogP contribution in [-0.2, 0) is 0 Å². The van der Waals surface area contributed by atoms with E-state index in [1.807, 2.05) is 45.9 Å². The molecule has 3 aromatic rings. The van der Waals surface area contributed by atoms with Gasteiger partial charge in [0, 0.05) is 5.56 Å². The Labute approximate surface area is 175 Å². The highest BCUT2D eigenvalue weighted by Crippen LogP contribution is 2.24. The monoisotopic (exact) mass is 410 g/mol. The minimum absolute atomic E-state index is 0.319. The summed E-state index contributed by atoms with van der Waals surface area (Å²) in [5.41, 5.74) is 7.47. The third kappa shape index (κ3) is 4.66. The molecule has 0 fully saturated rings. The lowest BCUT2D eigenvalue weighted by atomic mass is 10.1. The lowest BCUT2D eigenvalue weighted by molar-refractivity contribution is 0.0955. The van der Waals surface area contributed by atoms with E-state index in [-0.39, 0.29) is 5.91 Å². The summed E-state index contributed by atoms with van der Waals surface area (Å²) in [6, 6.07) is 13.0. The number of rotatable bonds is 6. The van der Waals surface area contributed by atoms with Crippen molar-refractivity contribution in [3.8, 4) is 11.4 Å². The van der Waals surface area contributed by atoms with Crippen LogP contribution in [0.1, 0.15) is 39.7 Å². The van der Waals surface area contributed by atoms with Crippen molar-refractivity contribution in [1.29, 1.82) is 0 Å². The van der Waals surface area contributed by atoms with Crippen molar-refractivity contribution < 1.29 is 9.53 Å². The zero-order valence-electron chi connectivity index (χ0n) is 16.9. The number of carbonyl (C=O) groups is 1. The Hall–Kier alpha value is -3.12. The molecule has 0 saturated heterocycles. The second-order valence-corrected chi connectivity index (χ2v) is 7.01. The number of amides is 1. The Morgan fingerprint density at radius 1 is 1.21 bits per heavy atom. The molecule has 150 valence electrons. The molecule has 0 radical (unpaired) electrons. The molecule has 7 heteroatoms. The lowest BCUT2D eigenvalue weighted by Crippen LogP contribution is -2.17. The van der Waals surface area contributed by atoms with Crippen LogP contribution in [0.25, 0.3) is 5.69 Å². The zero-order chi connectivity index (χ0) is 21.0. The van der Waals surface area contributed by atoms with Gasteiger partial charge in [-0.2, -0.15) is 10.2 Å². The maximum Gasteiger partial charge on any atom is 0.271 e. The minimum Gasteiger partial charge on any atom is -0.494 e. The highest BCUT2D eigenvalue weighted by molar-refractivity contribution is 6.32. The summed E-state index contributed by atoms with van der Waals surface area (Å²) in [6.07, 6.45) is 1.51. The molecule has 0 bridgehead atoms. The maximum atomic E-state index is 12.3. The van der Waals surface area contributed by atoms with Gasteiger partial charge < -0.3 is 4.74 Å². The van der Waals surface area contributed by atoms with Gasteiger partial charge in [-0.05, 0) is 69.2 Å². The number of nitrogens with one attached hydrogen (secondary N) is 1. The van der Waals surface area contributed by atoms with Crippen LogP contribution in [0.2, 0.25) is 5.15 Å². The number of aryl methyl sites for hydroxylation is 3. The van der Waals surface area contributed by atoms with Crippen LogP contribution in [0, 0.1) is 20.8 Å². The number of halogens is 1. The molecule has 0 aliphatic carbocycles. The third-order valence-electron chi connectivity index (χ3n) is 4.43. The third-order valence-corrected chi connectivity index (χ3v) is 4.79. The van der Waals surface area contributed by atoms with Gasteiger partial charge in [0.2, 0.25) is 0 Å². The number of ether oxygens (including phenoxy) is 1. The van der Waals surface area contributed by atoms with Gasteiger partial charge in [0.15, 0.2) is 0 Å². The van der Waals surface area contributed by atoms with Crippen LogP contribution in [0.4, 0.5) is 0 Å². The molecular weight excluding hydrogens is 388 g/mol. The van der Waals surface area contributed by atoms with Crippen LogP contribution in [-0.4, -0.2) is 28.5 Å². The van der Waals surface area contributed by atoms with Crippen molar-refractivity contribution in [3.05, 3.63) is 75.6 Å². The standard InChI is InChI=1S/C22H23ClN4O2/c1-5-29-18-10-8-17(9-11-18)22(28)25-24-13-19-16(4)26-27(21(19)23)20-12-14(2)6-7-15(20)3/h6-13H,5H2,1-4H3,(H,25,28)/b24-13-. The summed E-state index contributed by atoms with van der Waals surface area (Å²) in [5.74, 6) is 0.397. The Bertz CT molecular complexity index is 1060. The van der Waals surface area contributed by atoms with Crippen LogP contribution < -0.4 is 10.2 Å². The number of hydrazone groups is 1. The molecule has 6 nitrogen and oxygen atoms in total. The average molecular weight is 411 g/mol. The molecule has 29 heavy (non-hydrogen) atoms. The van der Waals surface area contributed by atoms with Crippen molar-refractivity contribution in [2.75, 3.05) is 6.61 Å². The molecule has 0 aliphatic rings. The Balaban J connectivity index is 1.76. The van der Waals surface area contributed by atoms with Crippen LogP contribution in [0.15, 0.2) is 47.6 Å². The summed E-state index contributed by atoms with van der Waals surface area (Å²) in [4.78, 5) is 12.3. The summed E-state index contributed by atoms with van der Waals surface area (Å²) >= 11 is 6.55. The van der Waals surface area contributed by atoms with Crippen molar-refractivity contribution >= 4 is 23.7 Å². The van der Waals surface area contributed by atoms with E-state index >= 15 is 0 Å². The fourth-order valence-electron chi connectivity index (χ4n) is 2.85. The molecule has 1 N–H and O–H groups in total. The van der Waals surface area contributed by atoms with Crippen molar-refractivity contribution in [2.45, 2.75) is 27.7 Å². The van der Waals surface area contributed by atoms with E-state index in [2.05, 4.69) is 15.6 Å². The van der Waals surface area contributed by atoms with E-state index in [0.29, 0.717) is 28.6 Å². The van der Waals surface area contributed by atoms with Crippen molar-refractivity contribution in [3.63, 3.8) is 0 Å². The number of benzene rings is 2. The molecular formula is C22H23ClN4O2. The molecule has 3 rings (SSSR count). The van der Waals surface area contributed by atoms with Crippen molar-refractivity contribution in [1.82, 2.24) is 15.2 Å². The smallest absolute Gasteiger partial charge is 0.271 e. The second kappa shape index (κ2) is 8.92. The first-order valence-electron chi connectivity index (χ1n) is 9.29. The zero-order valence-corrected chi connectivity index (χ0v) is 17.6. The minimum atomic E-state index is -0.319. The van der Waals surface area contributed by atoms with E-state index in [0.717, 1.165) is 22.5 Å². The molecule has 0 unspecified atom stereocenters. The molecule has 0 atom stereocenters. The predicted molar refractivity (Wildman–Crippen MR) is 115 cm³/mol. The van der Waals surface area contributed by atoms with Gasteiger partial charge in [-0.3, -0.25) is 4.79 Å². The quantitative estimate of drug-likeness (QED) is 0.476. The first-order chi connectivity index (χ1) is 13.9. The van der Waals surface area contributed by atoms with Gasteiger partial charge in [0.25, 0.3) is 5.91 Å². The predicted octanol–water partition coefficient (Wildman–Crippen LogP) is 4.61. The highest BCUT2D eigenvalue weighted by Gasteiger charge is 2.15. The summed E-state index contributed by atoms with van der Waals surface area (Å²) in [7, 11) is 0. The first-order valence-corrected chi connectivity index (χ1v) is 9.67. The van der Waals surface area contributed by atoms with E-state index in [1.165, 1.54) is 6.21 Å². The normalized spacial score (nSPS) is 11.1. The number of carbonyl (C=O) groups excluding carboxylic acids is 1. The average Bonchev–Trinajstić information content (AvgIpc) is 2.98. The number of hydrogen-bond donors (Lipinski definition) is 1. The van der Waals surface area contributed by atoms with Crippen LogP contribution in [0.5, 0.6) is 5.75 Å². The molecule has 2 aromatic carbocycles. The summed E-state index contributed by atoms with van der Waals surface area (Å²) in [6.45, 7) is 8.36. The van der Waals surface area contributed by atoms with E-state index in [9.17, 15) is 4.79 Å². The number of aromatic nitrogens is 2. The van der Waals surface area contributed by atoms with E-state index in [4.69, 9.17) is 16.3 Å². The van der Waals surface area contributed by atoms with Crippen molar-refractivity contribution in [2.24, 2.45) is 5.10 Å². The molecule has 1 amide bonds. The van der Waals surface area contributed by atoms with Gasteiger partial charge in [0.05, 0.1) is 29.8 Å². The summed E-state index contributed by atoms with van der Waals surface area (Å²) < 4.78 is 7.06. The largest absolute Gasteiger partial charge is 0.494 e.